The van der Waals surface area contributed by atoms with E-state index in [0.717, 1.165) is 18.4 Å². The van der Waals surface area contributed by atoms with Crippen molar-refractivity contribution < 1.29 is 41.8 Å². The lowest BCUT2D eigenvalue weighted by atomic mass is 10.0. The number of sulfonamides is 1. The molecule has 4 aliphatic rings. The Bertz CT molecular complexity index is 2220. The number of carbonyl (C=O) groups is 4. The molecule has 2 saturated carbocycles. The summed E-state index contributed by atoms with van der Waals surface area (Å²) in [7, 11) is -0.739. The number of ether oxygens (including phenoxy) is 3. The molecule has 0 bridgehead atoms. The number of rotatable bonds is 10. The van der Waals surface area contributed by atoms with E-state index < -0.39 is 68.0 Å². The van der Waals surface area contributed by atoms with Crippen molar-refractivity contribution in [3.05, 3.63) is 53.9 Å². The van der Waals surface area contributed by atoms with E-state index in [1.54, 1.807) is 39.4 Å². The zero-order valence-corrected chi connectivity index (χ0v) is 33.8. The van der Waals surface area contributed by atoms with Crippen LogP contribution in [-0.4, -0.2) is 100 Å². The summed E-state index contributed by atoms with van der Waals surface area (Å²) in [5.41, 5.74) is -0.00940. The number of benzene rings is 1. The summed E-state index contributed by atoms with van der Waals surface area (Å²) in [5.74, 6) is -1.50. The first-order valence-electron chi connectivity index (χ1n) is 19.6. The molecule has 2 aliphatic heterocycles. The third kappa shape index (κ3) is 8.03. The van der Waals surface area contributed by atoms with Gasteiger partial charge in [0.25, 0.3) is 11.8 Å². The molecule has 57 heavy (non-hydrogen) atoms. The fraction of sp³-hybridized carbons (Fsp3) is 0.550. The van der Waals surface area contributed by atoms with Gasteiger partial charge in [0.15, 0.2) is 0 Å². The van der Waals surface area contributed by atoms with E-state index in [-0.39, 0.29) is 25.1 Å². The molecule has 2 aliphatic carbocycles. The number of aryl methyl sites for hydroxylation is 2. The monoisotopic (exact) mass is 805 g/mol. The van der Waals surface area contributed by atoms with Crippen LogP contribution in [-0.2, 0) is 31.5 Å². The van der Waals surface area contributed by atoms with Gasteiger partial charge in [0.2, 0.25) is 27.7 Å². The maximum absolute atomic E-state index is 14.7. The van der Waals surface area contributed by atoms with Crippen LogP contribution in [0.25, 0.3) is 10.9 Å². The topological polar surface area (TPSA) is 200 Å². The van der Waals surface area contributed by atoms with Crippen LogP contribution in [0, 0.1) is 12.8 Å². The summed E-state index contributed by atoms with van der Waals surface area (Å²) < 4.78 is 47.1. The van der Waals surface area contributed by atoms with E-state index in [4.69, 9.17) is 19.2 Å². The van der Waals surface area contributed by atoms with E-state index in [1.807, 2.05) is 38.1 Å². The molecule has 0 unspecified atom stereocenters. The average molecular weight is 806 g/mol. The first-order chi connectivity index (χ1) is 27.2. The standard InChI is InChI=1S/C40H51N7O9S/c1-6-55-33-21-32(27-14-15-31(54-5)24(2)34(27)42-33)56-26-20-30-36(49)43-40(38(51)45-57(52,53)39(3)17-18-39)22-25(40)12-10-8-7-9-11-13-29(37(50)47(30)23-26)41-35(48)28-16-19-46(4)44-28/h10,12,14-16,19,21,25-26,29-30H,6-9,11,13,17-18,20,22-23H2,1-5H3,(H,41,48)(H,43,49)(H,45,51)/t25-,26-,29+,30+,40-/m1/s1. The number of hydrogen-bond acceptors (Lipinski definition) is 11. The average Bonchev–Trinajstić information content (AvgIpc) is 3.97. The lowest BCUT2D eigenvalue weighted by Gasteiger charge is -2.30. The van der Waals surface area contributed by atoms with E-state index in [9.17, 15) is 27.6 Å². The van der Waals surface area contributed by atoms with Crippen LogP contribution in [0.1, 0.15) is 87.7 Å². The molecule has 17 heteroatoms. The predicted octanol–water partition coefficient (Wildman–Crippen LogP) is 3.22. The smallest absolute Gasteiger partial charge is 0.272 e. The Morgan fingerprint density at radius 1 is 1.11 bits per heavy atom. The van der Waals surface area contributed by atoms with E-state index in [0.29, 0.717) is 67.0 Å². The van der Waals surface area contributed by atoms with Crippen LogP contribution in [0.2, 0.25) is 0 Å². The second-order valence-corrected chi connectivity index (χ2v) is 18.0. The van der Waals surface area contributed by atoms with Crippen molar-refractivity contribution >= 4 is 44.6 Å². The van der Waals surface area contributed by atoms with Gasteiger partial charge in [-0.2, -0.15) is 5.10 Å². The fourth-order valence-corrected chi connectivity index (χ4v) is 9.10. The van der Waals surface area contributed by atoms with Crippen LogP contribution < -0.4 is 29.6 Å². The number of amides is 4. The van der Waals surface area contributed by atoms with Gasteiger partial charge in [0.05, 0.1) is 30.5 Å². The Morgan fingerprint density at radius 3 is 2.60 bits per heavy atom. The fourth-order valence-electron chi connectivity index (χ4n) is 7.79. The number of hydrogen-bond donors (Lipinski definition) is 3. The Balaban J connectivity index is 1.23. The van der Waals surface area contributed by atoms with Crippen molar-refractivity contribution in [2.24, 2.45) is 13.0 Å². The minimum absolute atomic E-state index is 0.0228. The van der Waals surface area contributed by atoms with Crippen molar-refractivity contribution in [2.45, 2.75) is 107 Å². The highest BCUT2D eigenvalue weighted by molar-refractivity contribution is 7.91. The summed E-state index contributed by atoms with van der Waals surface area (Å²) in [5, 5.41) is 10.7. The molecule has 0 radical (unpaired) electrons. The van der Waals surface area contributed by atoms with E-state index >= 15 is 0 Å². The molecule has 16 nitrogen and oxygen atoms in total. The summed E-state index contributed by atoms with van der Waals surface area (Å²) in [6.45, 7) is 5.64. The van der Waals surface area contributed by atoms with Crippen LogP contribution >= 0.6 is 0 Å². The number of allylic oxidation sites excluding steroid dienone is 1. The van der Waals surface area contributed by atoms with Crippen molar-refractivity contribution in [3.63, 3.8) is 0 Å². The molecule has 3 fully saturated rings. The lowest BCUT2D eigenvalue weighted by Crippen LogP contribution is -2.58. The number of pyridine rings is 1. The van der Waals surface area contributed by atoms with Crippen LogP contribution in [0.15, 0.2) is 42.6 Å². The highest BCUT2D eigenvalue weighted by Gasteiger charge is 2.63. The van der Waals surface area contributed by atoms with E-state index in [1.165, 1.54) is 9.58 Å². The quantitative estimate of drug-likeness (QED) is 0.254. The van der Waals surface area contributed by atoms with Crippen molar-refractivity contribution in [1.29, 1.82) is 0 Å². The molecule has 4 amide bonds. The predicted molar refractivity (Wildman–Crippen MR) is 209 cm³/mol. The van der Waals surface area contributed by atoms with Gasteiger partial charge in [0.1, 0.15) is 40.9 Å². The minimum Gasteiger partial charge on any atom is -0.496 e. The Labute approximate surface area is 332 Å². The molecule has 1 aromatic carbocycles. The molecule has 3 N–H and O–H groups in total. The number of fused-ring (bicyclic) bond motifs is 3. The summed E-state index contributed by atoms with van der Waals surface area (Å²) >= 11 is 0. The number of carbonyl (C=O) groups excluding carboxylic acids is 4. The highest BCUT2D eigenvalue weighted by Crippen LogP contribution is 2.47. The van der Waals surface area contributed by atoms with Gasteiger partial charge in [-0.1, -0.05) is 25.0 Å². The zero-order chi connectivity index (χ0) is 40.7. The molecule has 4 heterocycles. The second kappa shape index (κ2) is 15.6. The number of methoxy groups -OCH3 is 1. The summed E-state index contributed by atoms with van der Waals surface area (Å²) in [4.78, 5) is 62.7. The summed E-state index contributed by atoms with van der Waals surface area (Å²) in [6, 6.07) is 4.75. The van der Waals surface area contributed by atoms with Crippen molar-refractivity contribution in [3.8, 4) is 17.4 Å². The Kier molecular flexibility index (Phi) is 11.0. The SMILES string of the molecule is CCOc1cc(O[C@@H]2C[C@H]3C(=O)N[C@]4(C(=O)NS(=O)(=O)C5(C)CC5)C[C@H]4C=CCCCCC[C@H](NC(=O)c4ccn(C)n4)C(=O)N3C2)c2ccc(OC)c(C)c2n1. The second-order valence-electron chi connectivity index (χ2n) is 15.8. The van der Waals surface area contributed by atoms with Gasteiger partial charge in [-0.15, -0.1) is 0 Å². The molecule has 306 valence electrons. The molecule has 5 atom stereocenters. The van der Waals surface area contributed by atoms with Crippen LogP contribution in [0.4, 0.5) is 0 Å². The molecule has 0 spiro atoms. The van der Waals surface area contributed by atoms with Crippen molar-refractivity contribution in [2.75, 3.05) is 20.3 Å². The van der Waals surface area contributed by atoms with E-state index in [2.05, 4.69) is 20.5 Å². The third-order valence-corrected chi connectivity index (χ3v) is 13.8. The third-order valence-electron chi connectivity index (χ3n) is 11.7. The zero-order valence-electron chi connectivity index (χ0n) is 33.0. The van der Waals surface area contributed by atoms with Gasteiger partial charge in [-0.25, -0.2) is 13.4 Å². The summed E-state index contributed by atoms with van der Waals surface area (Å²) in [6.07, 6.45) is 9.01. The van der Waals surface area contributed by atoms with Gasteiger partial charge < -0.3 is 29.7 Å². The maximum atomic E-state index is 14.7. The molecule has 2 aromatic heterocycles. The Hall–Kier alpha value is -5.19. The molecular formula is C40H51N7O9S. The van der Waals surface area contributed by atoms with Crippen LogP contribution in [0.5, 0.6) is 17.4 Å². The first kappa shape index (κ1) is 40.0. The number of aromatic nitrogens is 3. The first-order valence-corrected chi connectivity index (χ1v) is 21.1. The highest BCUT2D eigenvalue weighted by atomic mass is 32.2. The molecule has 7 rings (SSSR count). The number of nitrogens with zero attached hydrogens (tertiary/aromatic N) is 4. The molecule has 3 aromatic rings. The Morgan fingerprint density at radius 2 is 1.89 bits per heavy atom. The lowest BCUT2D eigenvalue weighted by molar-refractivity contribution is -0.141. The van der Waals surface area contributed by atoms with Crippen molar-refractivity contribution in [1.82, 2.24) is 35.0 Å². The van der Waals surface area contributed by atoms with Gasteiger partial charge in [0, 0.05) is 42.6 Å². The number of nitrogens with one attached hydrogen (secondary N) is 3. The molecule has 1 saturated heterocycles. The largest absolute Gasteiger partial charge is 0.496 e. The normalized spacial score (nSPS) is 25.9. The molecular weight excluding hydrogens is 755 g/mol. The van der Waals surface area contributed by atoms with Gasteiger partial charge in [-0.05, 0) is 77.5 Å². The van der Waals surface area contributed by atoms with Gasteiger partial charge >= 0.3 is 0 Å². The van der Waals surface area contributed by atoms with Crippen LogP contribution in [0.3, 0.4) is 0 Å². The maximum Gasteiger partial charge on any atom is 0.272 e. The minimum atomic E-state index is -4.00. The van der Waals surface area contributed by atoms with Gasteiger partial charge in [-0.3, -0.25) is 28.6 Å².